The quantitative estimate of drug-likeness (QED) is 0.696. The molecule has 2 aromatic rings. The summed E-state index contributed by atoms with van der Waals surface area (Å²) < 4.78 is 37.8. The molecule has 0 saturated heterocycles. The number of carbonyl (C=O) groups excluding carboxylic acids is 1. The molecule has 1 atom stereocenters. The highest BCUT2D eigenvalue weighted by Crippen LogP contribution is 2.34. The van der Waals surface area contributed by atoms with Crippen LogP contribution in [0.2, 0.25) is 0 Å². The van der Waals surface area contributed by atoms with Crippen LogP contribution in [-0.4, -0.2) is 15.9 Å². The largest absolute Gasteiger partial charge is 0.433 e. The molecule has 0 saturated carbocycles. The fourth-order valence-electron chi connectivity index (χ4n) is 1.58. The molecule has 0 spiro atoms. The lowest BCUT2D eigenvalue weighted by Crippen LogP contribution is -2.19. The molecular weight excluding hydrogens is 303 g/mol. The van der Waals surface area contributed by atoms with Crippen LogP contribution in [0.4, 0.5) is 13.2 Å². The Morgan fingerprint density at radius 3 is 2.43 bits per heavy atom. The van der Waals surface area contributed by atoms with Crippen molar-refractivity contribution in [1.29, 1.82) is 0 Å². The minimum atomic E-state index is -4.56. The van der Waals surface area contributed by atoms with Gasteiger partial charge in [-0.25, -0.2) is 9.97 Å². The molecule has 2 rings (SSSR count). The predicted octanol–water partition coefficient (Wildman–Crippen LogP) is 2.81. The number of nitrogens with two attached hydrogens (primary N) is 1. The third kappa shape index (κ3) is 3.94. The maximum absolute atomic E-state index is 12.6. The third-order valence-electron chi connectivity index (χ3n) is 2.51. The number of halogens is 3. The lowest BCUT2D eigenvalue weighted by Gasteiger charge is -2.13. The first-order valence-corrected chi connectivity index (χ1v) is 6.67. The average Bonchev–Trinajstić information content (AvgIpc) is 2.45. The zero-order valence-corrected chi connectivity index (χ0v) is 11.4. The van der Waals surface area contributed by atoms with Gasteiger partial charge in [0.1, 0.15) is 10.9 Å². The summed E-state index contributed by atoms with van der Waals surface area (Å²) in [5.41, 5.74) is 4.82. The van der Waals surface area contributed by atoms with Gasteiger partial charge in [0, 0.05) is 6.20 Å². The van der Waals surface area contributed by atoms with Crippen LogP contribution in [0, 0.1) is 0 Å². The molecule has 2 N–H and O–H groups in total. The number of thioether (sulfide) groups is 1. The number of rotatable bonds is 4. The second-order valence-corrected chi connectivity index (χ2v) is 5.11. The van der Waals surface area contributed by atoms with E-state index in [0.29, 0.717) is 5.56 Å². The number of alkyl halides is 3. The van der Waals surface area contributed by atoms with Gasteiger partial charge in [-0.2, -0.15) is 13.2 Å². The molecule has 0 aliphatic rings. The highest BCUT2D eigenvalue weighted by atomic mass is 32.2. The predicted molar refractivity (Wildman–Crippen MR) is 71.3 cm³/mol. The van der Waals surface area contributed by atoms with Crippen molar-refractivity contribution in [2.75, 3.05) is 0 Å². The van der Waals surface area contributed by atoms with Crippen LogP contribution in [-0.2, 0) is 11.0 Å². The summed E-state index contributed by atoms with van der Waals surface area (Å²) in [6, 6.07) is 9.27. The highest BCUT2D eigenvalue weighted by molar-refractivity contribution is 8.00. The summed E-state index contributed by atoms with van der Waals surface area (Å²) >= 11 is 0.783. The Morgan fingerprint density at radius 1 is 1.19 bits per heavy atom. The van der Waals surface area contributed by atoms with E-state index in [2.05, 4.69) is 9.97 Å². The Kier molecular flexibility index (Phi) is 4.46. The van der Waals surface area contributed by atoms with Gasteiger partial charge in [-0.1, -0.05) is 42.1 Å². The zero-order chi connectivity index (χ0) is 15.5. The van der Waals surface area contributed by atoms with Gasteiger partial charge in [-0.3, -0.25) is 4.79 Å². The zero-order valence-electron chi connectivity index (χ0n) is 10.5. The van der Waals surface area contributed by atoms with Gasteiger partial charge in [0.15, 0.2) is 5.16 Å². The van der Waals surface area contributed by atoms with Crippen molar-refractivity contribution in [3.05, 3.63) is 53.9 Å². The standard InChI is InChI=1S/C13H10F3N3OS/c14-13(15,16)9-6-7-18-12(19-9)21-10(11(17)20)8-4-2-1-3-5-8/h1-7,10H,(H2,17,20). The third-order valence-corrected chi connectivity index (χ3v) is 3.66. The second-order valence-electron chi connectivity index (χ2n) is 4.03. The topological polar surface area (TPSA) is 68.9 Å². The van der Waals surface area contributed by atoms with E-state index in [1.807, 2.05) is 0 Å². The Labute approximate surface area is 122 Å². The Morgan fingerprint density at radius 2 is 1.86 bits per heavy atom. The monoisotopic (exact) mass is 313 g/mol. The number of aromatic nitrogens is 2. The number of primary amides is 1. The fourth-order valence-corrected chi connectivity index (χ4v) is 2.47. The van der Waals surface area contributed by atoms with Gasteiger partial charge in [-0.05, 0) is 11.6 Å². The van der Waals surface area contributed by atoms with E-state index in [9.17, 15) is 18.0 Å². The number of nitrogens with zero attached hydrogens (tertiary/aromatic N) is 2. The van der Waals surface area contributed by atoms with Crippen molar-refractivity contribution in [2.45, 2.75) is 16.6 Å². The second kappa shape index (κ2) is 6.13. The summed E-state index contributed by atoms with van der Waals surface area (Å²) in [6.45, 7) is 0. The fraction of sp³-hybridized carbons (Fsp3) is 0.154. The van der Waals surface area contributed by atoms with E-state index in [1.54, 1.807) is 30.3 Å². The van der Waals surface area contributed by atoms with Crippen LogP contribution in [0.25, 0.3) is 0 Å². The van der Waals surface area contributed by atoms with Crippen LogP contribution in [0.1, 0.15) is 16.5 Å². The van der Waals surface area contributed by atoms with Crippen molar-refractivity contribution in [1.82, 2.24) is 9.97 Å². The molecule has 0 fully saturated rings. The maximum atomic E-state index is 12.6. The number of carbonyl (C=O) groups is 1. The smallest absolute Gasteiger partial charge is 0.368 e. The molecule has 1 aromatic carbocycles. The van der Waals surface area contributed by atoms with Gasteiger partial charge >= 0.3 is 6.18 Å². The molecule has 4 nitrogen and oxygen atoms in total. The van der Waals surface area contributed by atoms with Gasteiger partial charge in [0.2, 0.25) is 5.91 Å². The van der Waals surface area contributed by atoms with Crippen molar-refractivity contribution >= 4 is 17.7 Å². The molecule has 0 aliphatic heterocycles. The van der Waals surface area contributed by atoms with Crippen LogP contribution < -0.4 is 5.73 Å². The summed E-state index contributed by atoms with van der Waals surface area (Å²) in [6.07, 6.45) is -3.56. The van der Waals surface area contributed by atoms with Gasteiger partial charge in [0.05, 0.1) is 0 Å². The summed E-state index contributed by atoms with van der Waals surface area (Å²) in [5.74, 6) is -0.674. The average molecular weight is 313 g/mol. The van der Waals surface area contributed by atoms with Crippen LogP contribution in [0.15, 0.2) is 47.8 Å². The molecule has 0 bridgehead atoms. The number of hydrogen-bond donors (Lipinski definition) is 1. The van der Waals surface area contributed by atoms with Crippen molar-refractivity contribution in [3.63, 3.8) is 0 Å². The lowest BCUT2D eigenvalue weighted by molar-refractivity contribution is -0.141. The Hall–Kier alpha value is -2.09. The molecule has 1 amide bonds. The summed E-state index contributed by atoms with van der Waals surface area (Å²) in [7, 11) is 0. The Bertz CT molecular complexity index is 634. The minimum absolute atomic E-state index is 0.155. The first kappa shape index (κ1) is 15.3. The van der Waals surface area contributed by atoms with Gasteiger partial charge < -0.3 is 5.73 Å². The van der Waals surface area contributed by atoms with E-state index in [4.69, 9.17) is 5.73 Å². The van der Waals surface area contributed by atoms with E-state index >= 15 is 0 Å². The molecule has 110 valence electrons. The summed E-state index contributed by atoms with van der Waals surface area (Å²) in [5, 5.41) is -1.01. The molecule has 1 unspecified atom stereocenters. The molecule has 0 radical (unpaired) electrons. The van der Waals surface area contributed by atoms with Gasteiger partial charge in [-0.15, -0.1) is 0 Å². The number of amides is 1. The van der Waals surface area contributed by atoms with Crippen molar-refractivity contribution in [2.24, 2.45) is 5.73 Å². The molecule has 0 aliphatic carbocycles. The van der Waals surface area contributed by atoms with E-state index in [0.717, 1.165) is 24.0 Å². The molecular formula is C13H10F3N3OS. The van der Waals surface area contributed by atoms with Crippen molar-refractivity contribution < 1.29 is 18.0 Å². The molecule has 8 heteroatoms. The number of benzene rings is 1. The van der Waals surface area contributed by atoms with Crippen LogP contribution in [0.5, 0.6) is 0 Å². The molecule has 1 heterocycles. The lowest BCUT2D eigenvalue weighted by atomic mass is 10.1. The summed E-state index contributed by atoms with van der Waals surface area (Å²) in [4.78, 5) is 18.7. The molecule has 1 aromatic heterocycles. The van der Waals surface area contributed by atoms with Gasteiger partial charge in [0.25, 0.3) is 0 Å². The molecule has 21 heavy (non-hydrogen) atoms. The van der Waals surface area contributed by atoms with E-state index in [1.165, 1.54) is 0 Å². The first-order valence-electron chi connectivity index (χ1n) is 5.79. The normalized spacial score (nSPS) is 12.9. The minimum Gasteiger partial charge on any atom is -0.368 e. The van der Waals surface area contributed by atoms with Crippen molar-refractivity contribution in [3.8, 4) is 0 Å². The van der Waals surface area contributed by atoms with Crippen LogP contribution in [0.3, 0.4) is 0 Å². The number of hydrogen-bond acceptors (Lipinski definition) is 4. The van der Waals surface area contributed by atoms with E-state index < -0.39 is 23.0 Å². The van der Waals surface area contributed by atoms with E-state index in [-0.39, 0.29) is 5.16 Å². The SMILES string of the molecule is NC(=O)C(Sc1nccc(C(F)(F)F)n1)c1ccccc1. The van der Waals surface area contributed by atoms with Crippen LogP contribution >= 0.6 is 11.8 Å². The maximum Gasteiger partial charge on any atom is 0.433 e. The first-order chi connectivity index (χ1) is 9.88. The Balaban J connectivity index is 2.28. The highest BCUT2D eigenvalue weighted by Gasteiger charge is 2.33.